The molecule has 1 aliphatic rings. The van der Waals surface area contributed by atoms with Gasteiger partial charge in [0.2, 0.25) is 0 Å². The quantitative estimate of drug-likeness (QED) is 0.219. The first-order valence-corrected chi connectivity index (χ1v) is 13.4. The van der Waals surface area contributed by atoms with E-state index in [0.29, 0.717) is 16.7 Å². The van der Waals surface area contributed by atoms with Crippen LogP contribution in [0.15, 0.2) is 83.2 Å². The molecule has 1 aliphatic heterocycles. The minimum Gasteiger partial charge on any atom is -0.406 e. The van der Waals surface area contributed by atoms with Crippen LogP contribution in [0, 0.1) is 13.8 Å². The molecule has 1 aromatic heterocycles. The van der Waals surface area contributed by atoms with Crippen LogP contribution in [0.4, 0.5) is 23.7 Å². The normalized spacial score (nSPS) is 14.7. The molecule has 0 saturated carbocycles. The molecule has 2 heterocycles. The van der Waals surface area contributed by atoms with Gasteiger partial charge in [0.05, 0.1) is 11.9 Å². The first-order chi connectivity index (χ1) is 19.7. The SMILES string of the molecule is Cc1cccc(C)c1N1CCS/C1=N\C(=O)N/N=C/c1ccc(-c2ncn(-c3ccc(OC(F)(F)F)cc3)n2)cc1. The first-order valence-electron chi connectivity index (χ1n) is 12.4. The van der Waals surface area contributed by atoms with Crippen molar-refractivity contribution < 1.29 is 22.7 Å². The van der Waals surface area contributed by atoms with Crippen molar-refractivity contribution in [1.82, 2.24) is 20.2 Å². The standard InChI is InChI=1S/C28H24F3N7O2S/c1-18-4-3-5-19(2)24(18)37-14-15-41-27(37)34-26(39)35-33-16-20-6-8-21(9-7-20)25-32-17-38(36-25)22-10-12-23(13-11-22)40-28(29,30)31/h3-13,16-17H,14-15H2,1-2H3,(H,35,39)/b33-16+,34-27-. The van der Waals surface area contributed by atoms with Gasteiger partial charge >= 0.3 is 12.4 Å². The van der Waals surface area contributed by atoms with Crippen molar-refractivity contribution in [3.05, 3.63) is 89.7 Å². The predicted octanol–water partition coefficient (Wildman–Crippen LogP) is 6.10. The van der Waals surface area contributed by atoms with Gasteiger partial charge < -0.3 is 9.64 Å². The number of nitrogens with one attached hydrogen (secondary N) is 1. The zero-order valence-electron chi connectivity index (χ0n) is 22.0. The van der Waals surface area contributed by atoms with Crippen molar-refractivity contribution in [2.24, 2.45) is 10.1 Å². The van der Waals surface area contributed by atoms with Gasteiger partial charge in [-0.2, -0.15) is 10.1 Å². The lowest BCUT2D eigenvalue weighted by Gasteiger charge is -2.22. The highest BCUT2D eigenvalue weighted by atomic mass is 32.2. The molecular weight excluding hydrogens is 555 g/mol. The van der Waals surface area contributed by atoms with Gasteiger partial charge in [0, 0.05) is 23.5 Å². The fraction of sp³-hybridized carbons (Fsp3) is 0.179. The fourth-order valence-electron chi connectivity index (χ4n) is 4.25. The van der Waals surface area contributed by atoms with Gasteiger partial charge in [-0.05, 0) is 54.8 Å². The largest absolute Gasteiger partial charge is 0.573 e. The molecular formula is C28H24F3N7O2S. The highest BCUT2D eigenvalue weighted by Gasteiger charge is 2.31. The number of carbonyl (C=O) groups excluding carboxylic acids is 1. The van der Waals surface area contributed by atoms with Crippen LogP contribution < -0.4 is 15.1 Å². The molecule has 4 aromatic rings. The number of amides is 2. The van der Waals surface area contributed by atoms with Crippen LogP contribution in [0.5, 0.6) is 5.75 Å². The summed E-state index contributed by atoms with van der Waals surface area (Å²) in [5, 5.41) is 9.04. The number of alkyl halides is 3. The minimum atomic E-state index is -4.75. The zero-order valence-corrected chi connectivity index (χ0v) is 22.8. The van der Waals surface area contributed by atoms with Gasteiger partial charge in [0.25, 0.3) is 0 Å². The molecule has 1 N–H and O–H groups in total. The van der Waals surface area contributed by atoms with E-state index in [-0.39, 0.29) is 5.75 Å². The van der Waals surface area contributed by atoms with Crippen LogP contribution in [0.3, 0.4) is 0 Å². The van der Waals surface area contributed by atoms with E-state index in [1.54, 1.807) is 24.3 Å². The number of hydrazone groups is 1. The Kier molecular flexibility index (Phi) is 8.06. The number of carbonyl (C=O) groups is 1. The van der Waals surface area contributed by atoms with Gasteiger partial charge in [-0.3, -0.25) is 0 Å². The van der Waals surface area contributed by atoms with E-state index in [2.05, 4.69) is 35.2 Å². The number of amidine groups is 1. The number of aliphatic imine (C=N–C) groups is 1. The number of aromatic nitrogens is 3. The molecule has 0 bridgehead atoms. The van der Waals surface area contributed by atoms with E-state index < -0.39 is 12.4 Å². The van der Waals surface area contributed by atoms with Crippen molar-refractivity contribution in [3.63, 3.8) is 0 Å². The Hall–Kier alpha value is -4.65. The lowest BCUT2D eigenvalue weighted by atomic mass is 10.1. The van der Waals surface area contributed by atoms with E-state index in [0.717, 1.165) is 40.2 Å². The number of thioether (sulfide) groups is 1. The maximum absolute atomic E-state index is 12.4. The average molecular weight is 580 g/mol. The number of halogens is 3. The van der Waals surface area contributed by atoms with Crippen molar-refractivity contribution in [2.45, 2.75) is 20.2 Å². The van der Waals surface area contributed by atoms with Crippen molar-refractivity contribution in [1.29, 1.82) is 0 Å². The monoisotopic (exact) mass is 579 g/mol. The first kappa shape index (κ1) is 27.9. The Balaban J connectivity index is 1.19. The van der Waals surface area contributed by atoms with E-state index in [9.17, 15) is 18.0 Å². The lowest BCUT2D eigenvalue weighted by Crippen LogP contribution is -2.27. The third-order valence-corrected chi connectivity index (χ3v) is 7.01. The molecule has 0 unspecified atom stereocenters. The fourth-order valence-corrected chi connectivity index (χ4v) is 5.19. The molecule has 0 aliphatic carbocycles. The van der Waals surface area contributed by atoms with E-state index in [4.69, 9.17) is 0 Å². The molecule has 1 fully saturated rings. The number of nitrogens with zero attached hydrogens (tertiary/aromatic N) is 6. The molecule has 41 heavy (non-hydrogen) atoms. The van der Waals surface area contributed by atoms with E-state index in [1.807, 2.05) is 32.0 Å². The average Bonchev–Trinajstić information content (AvgIpc) is 3.59. The number of benzene rings is 3. The third kappa shape index (κ3) is 6.92. The highest BCUT2D eigenvalue weighted by Crippen LogP contribution is 2.31. The smallest absolute Gasteiger partial charge is 0.406 e. The molecule has 210 valence electrons. The Morgan fingerprint density at radius 1 is 1.05 bits per heavy atom. The summed E-state index contributed by atoms with van der Waals surface area (Å²) < 4.78 is 42.4. The highest BCUT2D eigenvalue weighted by molar-refractivity contribution is 8.14. The summed E-state index contributed by atoms with van der Waals surface area (Å²) in [6.45, 7) is 4.85. The molecule has 1 saturated heterocycles. The summed E-state index contributed by atoms with van der Waals surface area (Å²) >= 11 is 1.53. The van der Waals surface area contributed by atoms with Crippen LogP contribution in [-0.4, -0.2) is 50.8 Å². The van der Waals surface area contributed by atoms with Gasteiger partial charge in [-0.1, -0.05) is 54.2 Å². The maximum Gasteiger partial charge on any atom is 0.573 e. The topological polar surface area (TPSA) is 97.0 Å². The van der Waals surface area contributed by atoms with E-state index >= 15 is 0 Å². The van der Waals surface area contributed by atoms with E-state index in [1.165, 1.54) is 53.3 Å². The molecule has 3 aromatic carbocycles. The predicted molar refractivity (Wildman–Crippen MR) is 153 cm³/mol. The van der Waals surface area contributed by atoms with Crippen molar-refractivity contribution >= 4 is 34.9 Å². The van der Waals surface area contributed by atoms with Crippen LogP contribution in [0.1, 0.15) is 16.7 Å². The van der Waals surface area contributed by atoms with Gasteiger partial charge in [-0.25, -0.2) is 19.9 Å². The van der Waals surface area contributed by atoms with Gasteiger partial charge in [0.15, 0.2) is 11.0 Å². The molecule has 9 nitrogen and oxygen atoms in total. The second-order valence-electron chi connectivity index (χ2n) is 8.99. The van der Waals surface area contributed by atoms with Crippen LogP contribution in [-0.2, 0) is 0 Å². The Labute approximate surface area is 237 Å². The number of urea groups is 1. The second-order valence-corrected chi connectivity index (χ2v) is 10.0. The molecule has 0 radical (unpaired) electrons. The zero-order chi connectivity index (χ0) is 29.0. The molecule has 5 rings (SSSR count). The molecule has 0 atom stereocenters. The number of hydrogen-bond acceptors (Lipinski definition) is 6. The summed E-state index contributed by atoms with van der Waals surface area (Å²) in [4.78, 5) is 23.0. The molecule has 0 spiro atoms. The summed E-state index contributed by atoms with van der Waals surface area (Å²) in [5.74, 6) is 0.946. The summed E-state index contributed by atoms with van der Waals surface area (Å²) in [7, 11) is 0. The number of ether oxygens (including phenoxy) is 1. The third-order valence-electron chi connectivity index (χ3n) is 6.05. The molecule has 2 amide bonds. The molecule has 13 heteroatoms. The van der Waals surface area contributed by atoms with Gasteiger partial charge in [-0.15, -0.1) is 18.3 Å². The lowest BCUT2D eigenvalue weighted by molar-refractivity contribution is -0.274. The Morgan fingerprint density at radius 2 is 1.76 bits per heavy atom. The summed E-state index contributed by atoms with van der Waals surface area (Å²) in [6.07, 6.45) is -1.79. The number of para-hydroxylation sites is 1. The second kappa shape index (κ2) is 11.8. The van der Waals surface area contributed by atoms with Crippen LogP contribution >= 0.6 is 11.8 Å². The van der Waals surface area contributed by atoms with Crippen molar-refractivity contribution in [3.8, 4) is 22.8 Å². The summed E-state index contributed by atoms with van der Waals surface area (Å²) in [6, 6.07) is 18.0. The number of aryl methyl sites for hydroxylation is 2. The van der Waals surface area contributed by atoms with Crippen LogP contribution in [0.25, 0.3) is 17.1 Å². The van der Waals surface area contributed by atoms with Crippen LogP contribution in [0.2, 0.25) is 0 Å². The number of anilines is 1. The summed E-state index contributed by atoms with van der Waals surface area (Å²) in [5.41, 5.74) is 7.74. The van der Waals surface area contributed by atoms with Gasteiger partial charge in [0.1, 0.15) is 12.1 Å². The maximum atomic E-state index is 12.4. The van der Waals surface area contributed by atoms with Crippen molar-refractivity contribution in [2.75, 3.05) is 17.2 Å². The number of rotatable bonds is 6. The minimum absolute atomic E-state index is 0.320. The Bertz CT molecular complexity index is 1580. The number of hydrogen-bond donors (Lipinski definition) is 1. The Morgan fingerprint density at radius 3 is 2.44 bits per heavy atom.